The Morgan fingerprint density at radius 2 is 1.72 bits per heavy atom. The first-order chi connectivity index (χ1) is 8.19. The lowest BCUT2D eigenvalue weighted by molar-refractivity contribution is -0.0200. The van der Waals surface area contributed by atoms with Gasteiger partial charge < -0.3 is 9.84 Å². The molecule has 1 saturated carbocycles. The Morgan fingerprint density at radius 3 is 2.22 bits per heavy atom. The van der Waals surface area contributed by atoms with Crippen molar-refractivity contribution in [2.45, 2.75) is 66.4 Å². The van der Waals surface area contributed by atoms with E-state index in [0.29, 0.717) is 11.8 Å². The summed E-state index contributed by atoms with van der Waals surface area (Å²) in [6, 6.07) is 0. The number of methoxy groups -OCH3 is 1. The van der Waals surface area contributed by atoms with E-state index in [4.69, 9.17) is 4.74 Å². The quantitative estimate of drug-likeness (QED) is 0.809. The average molecular weight is 256 g/mol. The van der Waals surface area contributed by atoms with Gasteiger partial charge in [0.2, 0.25) is 0 Å². The van der Waals surface area contributed by atoms with Crippen molar-refractivity contribution in [3.8, 4) is 0 Å². The summed E-state index contributed by atoms with van der Waals surface area (Å²) in [7, 11) is 1.78. The molecule has 2 nitrogen and oxygen atoms in total. The molecule has 0 aromatic heterocycles. The normalized spacial score (nSPS) is 30.5. The van der Waals surface area contributed by atoms with Crippen LogP contribution >= 0.6 is 0 Å². The molecule has 1 fully saturated rings. The standard InChI is InChI=1S/C16H32O2/c1-12-7-8-13(9-14(12)17)10-15(2,3)16(4,5)11-18-6/h12-14,17H,7-11H2,1-6H3/t12-,13?,14-/m0/s1. The largest absolute Gasteiger partial charge is 0.393 e. The molecule has 0 bridgehead atoms. The molecule has 0 aromatic rings. The fraction of sp³-hybridized carbons (Fsp3) is 1.00. The minimum atomic E-state index is -0.0925. The van der Waals surface area contributed by atoms with Crippen LogP contribution in [0.15, 0.2) is 0 Å². The van der Waals surface area contributed by atoms with Crippen LogP contribution in [0.4, 0.5) is 0 Å². The summed E-state index contributed by atoms with van der Waals surface area (Å²) in [5.41, 5.74) is 0.420. The van der Waals surface area contributed by atoms with Crippen LogP contribution < -0.4 is 0 Å². The lowest BCUT2D eigenvalue weighted by Gasteiger charge is -2.45. The van der Waals surface area contributed by atoms with E-state index < -0.39 is 0 Å². The Hall–Kier alpha value is -0.0800. The van der Waals surface area contributed by atoms with Gasteiger partial charge in [-0.1, -0.05) is 34.6 Å². The molecule has 0 amide bonds. The van der Waals surface area contributed by atoms with Crippen LogP contribution in [-0.2, 0) is 4.74 Å². The van der Waals surface area contributed by atoms with E-state index in [1.54, 1.807) is 7.11 Å². The minimum absolute atomic E-state index is 0.0925. The lowest BCUT2D eigenvalue weighted by Crippen LogP contribution is -2.39. The monoisotopic (exact) mass is 256 g/mol. The second-order valence-electron chi connectivity index (χ2n) is 7.63. The smallest absolute Gasteiger partial charge is 0.0568 e. The van der Waals surface area contributed by atoms with Crippen LogP contribution in [0.3, 0.4) is 0 Å². The Labute approximate surface area is 113 Å². The van der Waals surface area contributed by atoms with Crippen LogP contribution in [0.25, 0.3) is 0 Å². The van der Waals surface area contributed by atoms with E-state index in [9.17, 15) is 5.11 Å². The van der Waals surface area contributed by atoms with E-state index in [1.165, 1.54) is 19.3 Å². The minimum Gasteiger partial charge on any atom is -0.393 e. The molecule has 108 valence electrons. The predicted octanol–water partition coefficient (Wildman–Crippen LogP) is 3.87. The van der Waals surface area contributed by atoms with E-state index in [2.05, 4.69) is 34.6 Å². The van der Waals surface area contributed by atoms with Crippen molar-refractivity contribution in [2.24, 2.45) is 22.7 Å². The summed E-state index contributed by atoms with van der Waals surface area (Å²) < 4.78 is 5.37. The maximum Gasteiger partial charge on any atom is 0.0568 e. The summed E-state index contributed by atoms with van der Waals surface area (Å²) in [6.07, 6.45) is 4.52. The summed E-state index contributed by atoms with van der Waals surface area (Å²) in [6.45, 7) is 12.2. The topological polar surface area (TPSA) is 29.5 Å². The van der Waals surface area contributed by atoms with Crippen LogP contribution in [-0.4, -0.2) is 24.9 Å². The summed E-state index contributed by atoms with van der Waals surface area (Å²) >= 11 is 0. The van der Waals surface area contributed by atoms with Gasteiger partial charge in [0.25, 0.3) is 0 Å². The van der Waals surface area contributed by atoms with Gasteiger partial charge in [-0.15, -0.1) is 0 Å². The van der Waals surface area contributed by atoms with Gasteiger partial charge in [0.15, 0.2) is 0 Å². The number of rotatable bonds is 5. The second kappa shape index (κ2) is 5.92. The third-order valence-electron chi connectivity index (χ3n) is 5.40. The molecule has 2 heteroatoms. The summed E-state index contributed by atoms with van der Waals surface area (Å²) in [4.78, 5) is 0. The molecule has 1 N–H and O–H groups in total. The fourth-order valence-electron chi connectivity index (χ4n) is 3.12. The highest BCUT2D eigenvalue weighted by molar-refractivity contribution is 4.89. The highest BCUT2D eigenvalue weighted by Crippen LogP contribution is 2.46. The number of hydrogen-bond donors (Lipinski definition) is 1. The van der Waals surface area contributed by atoms with E-state index >= 15 is 0 Å². The number of aliphatic hydroxyl groups is 1. The number of ether oxygens (including phenoxy) is 1. The van der Waals surface area contributed by atoms with Crippen LogP contribution in [0, 0.1) is 22.7 Å². The van der Waals surface area contributed by atoms with Gasteiger partial charge in [-0.05, 0) is 48.3 Å². The molecule has 1 rings (SSSR count). The van der Waals surface area contributed by atoms with Gasteiger partial charge in [0.1, 0.15) is 0 Å². The lowest BCUT2D eigenvalue weighted by atomic mass is 9.62. The first-order valence-electron chi connectivity index (χ1n) is 7.36. The van der Waals surface area contributed by atoms with Crippen LogP contribution in [0.1, 0.15) is 60.3 Å². The molecule has 0 aromatic carbocycles. The molecule has 0 heterocycles. The molecular weight excluding hydrogens is 224 g/mol. The van der Waals surface area contributed by atoms with Crippen molar-refractivity contribution in [2.75, 3.05) is 13.7 Å². The first kappa shape index (κ1) is 16.0. The van der Waals surface area contributed by atoms with E-state index in [1.807, 2.05) is 0 Å². The van der Waals surface area contributed by atoms with Crippen molar-refractivity contribution in [1.82, 2.24) is 0 Å². The molecular formula is C16H32O2. The highest BCUT2D eigenvalue weighted by atomic mass is 16.5. The summed E-state index contributed by atoms with van der Waals surface area (Å²) in [5, 5.41) is 10.0. The zero-order valence-electron chi connectivity index (χ0n) is 13.1. The van der Waals surface area contributed by atoms with Gasteiger partial charge in [-0.2, -0.15) is 0 Å². The van der Waals surface area contributed by atoms with Gasteiger partial charge in [-0.3, -0.25) is 0 Å². The van der Waals surface area contributed by atoms with Crippen LogP contribution in [0.2, 0.25) is 0 Å². The zero-order chi connectivity index (χ0) is 14.0. The molecule has 1 aliphatic carbocycles. The molecule has 0 radical (unpaired) electrons. The third kappa shape index (κ3) is 3.71. The molecule has 0 saturated heterocycles. The maximum absolute atomic E-state index is 10.0. The highest BCUT2D eigenvalue weighted by Gasteiger charge is 2.40. The van der Waals surface area contributed by atoms with E-state index in [-0.39, 0.29) is 16.9 Å². The Morgan fingerprint density at radius 1 is 1.11 bits per heavy atom. The average Bonchev–Trinajstić information content (AvgIpc) is 2.23. The molecule has 18 heavy (non-hydrogen) atoms. The maximum atomic E-state index is 10.0. The fourth-order valence-corrected chi connectivity index (χ4v) is 3.12. The van der Waals surface area contributed by atoms with Gasteiger partial charge in [0, 0.05) is 7.11 Å². The van der Waals surface area contributed by atoms with Gasteiger partial charge in [0.05, 0.1) is 12.7 Å². The zero-order valence-corrected chi connectivity index (χ0v) is 13.1. The van der Waals surface area contributed by atoms with E-state index in [0.717, 1.165) is 13.0 Å². The Balaban J connectivity index is 2.60. The number of hydrogen-bond acceptors (Lipinski definition) is 2. The molecule has 0 spiro atoms. The van der Waals surface area contributed by atoms with Crippen molar-refractivity contribution < 1.29 is 9.84 Å². The molecule has 0 aliphatic heterocycles. The van der Waals surface area contributed by atoms with Gasteiger partial charge in [-0.25, -0.2) is 0 Å². The summed E-state index contributed by atoms with van der Waals surface area (Å²) in [5.74, 6) is 1.15. The molecule has 1 aliphatic rings. The molecule has 3 atom stereocenters. The molecule has 1 unspecified atom stereocenters. The predicted molar refractivity (Wildman–Crippen MR) is 76.6 cm³/mol. The first-order valence-corrected chi connectivity index (χ1v) is 7.36. The SMILES string of the molecule is COCC(C)(C)C(C)(C)CC1CC[C@H](C)[C@@H](O)C1. The van der Waals surface area contributed by atoms with Crippen molar-refractivity contribution in [3.63, 3.8) is 0 Å². The van der Waals surface area contributed by atoms with Crippen molar-refractivity contribution >= 4 is 0 Å². The Kier molecular flexibility index (Phi) is 5.25. The van der Waals surface area contributed by atoms with Gasteiger partial charge >= 0.3 is 0 Å². The second-order valence-corrected chi connectivity index (χ2v) is 7.63. The van der Waals surface area contributed by atoms with Crippen molar-refractivity contribution in [3.05, 3.63) is 0 Å². The third-order valence-corrected chi connectivity index (χ3v) is 5.40. The van der Waals surface area contributed by atoms with Crippen molar-refractivity contribution in [1.29, 1.82) is 0 Å². The number of aliphatic hydroxyl groups excluding tert-OH is 1. The van der Waals surface area contributed by atoms with Crippen LogP contribution in [0.5, 0.6) is 0 Å². The Bertz CT molecular complexity index is 258.